The fourth-order valence-corrected chi connectivity index (χ4v) is 14.3. The maximum atomic E-state index is 11.7. The van der Waals surface area contributed by atoms with Gasteiger partial charge in [-0.3, -0.25) is 0 Å². The Labute approximate surface area is 498 Å². The number of hydrogen-bond donors (Lipinski definition) is 4. The number of hydrogen-bond acceptors (Lipinski definition) is 20. The first kappa shape index (κ1) is 84.9. The van der Waals surface area contributed by atoms with Crippen LogP contribution in [-0.2, 0) is 72.1 Å². The SMILES string of the molecule is C.C.C1=CCCCCCC1.CO[Si](CCCNC(=O)OC/C=C/COC(=O)NCCC[Si](OC)(OC)OC)(OC)OC.CO[Si](CCCNC(=O)OCC=CCCCCCCC=CCOC(=O)NCCC[Si](OC)(OC)OC)(OC)OC. The van der Waals surface area contributed by atoms with Crippen LogP contribution in [0.4, 0.5) is 19.2 Å². The number of rotatable bonds is 43. The minimum absolute atomic E-state index is 0. The Morgan fingerprint density at radius 2 is 0.549 bits per heavy atom. The summed E-state index contributed by atoms with van der Waals surface area (Å²) in [5.41, 5.74) is 0. The van der Waals surface area contributed by atoms with E-state index in [1.165, 1.54) is 38.5 Å². The van der Waals surface area contributed by atoms with Gasteiger partial charge in [0.05, 0.1) is 0 Å². The number of ether oxygens (including phenoxy) is 4. The molecule has 0 bridgehead atoms. The zero-order valence-corrected chi connectivity index (χ0v) is 54.6. The molecule has 0 heterocycles. The molecular formula is C54H112N4O20Si4. The molecule has 1 aliphatic rings. The third-order valence-corrected chi connectivity index (χ3v) is 23.7. The Bertz CT molecular complexity index is 1500. The van der Waals surface area contributed by atoms with Gasteiger partial charge in [-0.05, 0) is 89.2 Å². The third-order valence-electron chi connectivity index (χ3n) is 12.3. The van der Waals surface area contributed by atoms with Crippen molar-refractivity contribution >= 4 is 59.6 Å². The number of amides is 4. The predicted molar refractivity (Wildman–Crippen MR) is 328 cm³/mol. The minimum atomic E-state index is -2.63. The van der Waals surface area contributed by atoms with E-state index >= 15 is 0 Å². The van der Waals surface area contributed by atoms with Gasteiger partial charge >= 0.3 is 59.6 Å². The zero-order valence-electron chi connectivity index (χ0n) is 50.6. The van der Waals surface area contributed by atoms with E-state index in [0.29, 0.717) is 76.0 Å². The maximum absolute atomic E-state index is 11.7. The predicted octanol–water partition coefficient (Wildman–Crippen LogP) is 10.1. The van der Waals surface area contributed by atoms with Crippen LogP contribution in [0.25, 0.3) is 0 Å². The van der Waals surface area contributed by atoms with Crippen LogP contribution in [-0.4, -0.2) is 198 Å². The topological polar surface area (TPSA) is 264 Å². The van der Waals surface area contributed by atoms with E-state index in [9.17, 15) is 19.2 Å². The molecule has 0 aliphatic heterocycles. The molecule has 0 spiro atoms. The van der Waals surface area contributed by atoms with Gasteiger partial charge in [0, 0.05) is 136 Å². The molecule has 0 saturated heterocycles. The van der Waals surface area contributed by atoms with E-state index in [4.69, 9.17) is 72.1 Å². The van der Waals surface area contributed by atoms with Crippen molar-refractivity contribution in [2.24, 2.45) is 0 Å². The molecule has 4 amide bonds. The van der Waals surface area contributed by atoms with Crippen LogP contribution in [0.5, 0.6) is 0 Å². The molecule has 0 radical (unpaired) electrons. The average molecular weight is 1250 g/mol. The van der Waals surface area contributed by atoms with Crippen molar-refractivity contribution in [3.8, 4) is 0 Å². The first-order chi connectivity index (χ1) is 38.7. The van der Waals surface area contributed by atoms with Gasteiger partial charge in [0.1, 0.15) is 26.4 Å². The molecule has 1 rings (SSSR count). The lowest BCUT2D eigenvalue weighted by Gasteiger charge is -2.24. The quantitative estimate of drug-likeness (QED) is 0.0191. The van der Waals surface area contributed by atoms with Crippen LogP contribution in [0.2, 0.25) is 24.2 Å². The zero-order chi connectivity index (χ0) is 59.9. The van der Waals surface area contributed by atoms with E-state index in [1.807, 2.05) is 24.3 Å². The lowest BCUT2D eigenvalue weighted by atomic mass is 10.1. The molecule has 0 atom stereocenters. The van der Waals surface area contributed by atoms with Crippen molar-refractivity contribution < 1.29 is 91.2 Å². The molecule has 484 valence electrons. The van der Waals surface area contributed by atoms with Gasteiger partial charge in [0.15, 0.2) is 0 Å². The van der Waals surface area contributed by atoms with Gasteiger partial charge < -0.3 is 93.3 Å². The van der Waals surface area contributed by atoms with Crippen LogP contribution in [0.15, 0.2) is 48.6 Å². The second-order valence-corrected chi connectivity index (χ2v) is 29.9. The molecule has 0 saturated carbocycles. The molecule has 0 fully saturated rings. The molecule has 4 N–H and O–H groups in total. The Morgan fingerprint density at radius 1 is 0.329 bits per heavy atom. The van der Waals surface area contributed by atoms with Crippen LogP contribution in [0.3, 0.4) is 0 Å². The van der Waals surface area contributed by atoms with Gasteiger partial charge in [0.25, 0.3) is 0 Å². The van der Waals surface area contributed by atoms with Gasteiger partial charge in [-0.1, -0.05) is 77.0 Å². The Balaban J connectivity index is -0.000000646. The molecule has 82 heavy (non-hydrogen) atoms. The highest BCUT2D eigenvalue weighted by Crippen LogP contribution is 2.17. The minimum Gasteiger partial charge on any atom is -0.445 e. The summed E-state index contributed by atoms with van der Waals surface area (Å²) in [6, 6.07) is 2.38. The van der Waals surface area contributed by atoms with Crippen LogP contribution in [0, 0.1) is 0 Å². The van der Waals surface area contributed by atoms with Gasteiger partial charge in [-0.15, -0.1) is 0 Å². The summed E-state index contributed by atoms with van der Waals surface area (Å²) >= 11 is 0. The van der Waals surface area contributed by atoms with Crippen LogP contribution < -0.4 is 21.3 Å². The normalized spacial score (nSPS) is 12.8. The van der Waals surface area contributed by atoms with Crippen molar-refractivity contribution in [2.75, 3.05) is 138 Å². The number of carbonyl (C=O) groups excluding carboxylic acids is 4. The van der Waals surface area contributed by atoms with E-state index in [2.05, 4.69) is 33.4 Å². The molecule has 28 heteroatoms. The molecule has 0 unspecified atom stereocenters. The number of nitrogens with one attached hydrogen (secondary N) is 4. The maximum Gasteiger partial charge on any atom is 0.500 e. The van der Waals surface area contributed by atoms with Crippen molar-refractivity contribution in [1.82, 2.24) is 21.3 Å². The molecule has 24 nitrogen and oxygen atoms in total. The van der Waals surface area contributed by atoms with Crippen molar-refractivity contribution in [3.05, 3.63) is 48.6 Å². The standard InChI is InChI=1S/C26H52N2O10Si2.C18H38N2O10Si2.C8H14.2CH4/c1-31-39(32-2,33-3)23-17-19-27-25(29)37-21-15-13-11-9-7-8-10-12-14-16-22-38-26(30)28-20-18-24-40(34-4,35-5)36-6;1-23-31(24-2,25-3)15-9-11-19-17(21)29-13-7-8-14-30-18(22)20-12-10-16-32(26-4,27-5)28-6;1-2-4-6-8-7-5-3-1;;/h13-16H,7-12,17-24H2,1-6H3,(H,27,29)(H,28,30);7-8H,9-16H2,1-6H3,(H,19,21)(H,20,22);1-2H,3-8H2;2*1H4/b;8-7+;;;. The largest absolute Gasteiger partial charge is 0.500 e. The first-order valence-corrected chi connectivity index (χ1v) is 35.3. The number of alkyl carbamates (subject to hydrolysis) is 4. The highest BCUT2D eigenvalue weighted by molar-refractivity contribution is 6.61. The molecule has 0 aromatic rings. The van der Waals surface area contributed by atoms with Crippen molar-refractivity contribution in [3.63, 3.8) is 0 Å². The first-order valence-electron chi connectivity index (χ1n) is 27.6. The fraction of sp³-hybridized carbons (Fsp3) is 0.778. The summed E-state index contributed by atoms with van der Waals surface area (Å²) in [4.78, 5) is 46.7. The van der Waals surface area contributed by atoms with E-state index in [0.717, 1.165) is 38.5 Å². The molecule has 0 aromatic carbocycles. The summed E-state index contributed by atoms with van der Waals surface area (Å²) in [5.74, 6) is 0. The van der Waals surface area contributed by atoms with Gasteiger partial charge in [-0.2, -0.15) is 0 Å². The molecule has 1 aliphatic carbocycles. The highest BCUT2D eigenvalue weighted by atomic mass is 28.4. The summed E-state index contributed by atoms with van der Waals surface area (Å²) in [6.45, 7) is 2.35. The van der Waals surface area contributed by atoms with Crippen LogP contribution in [0.1, 0.15) is 118 Å². The Hall–Kier alpha value is -3.57. The smallest absolute Gasteiger partial charge is 0.445 e. The Kier molecular flexibility index (Phi) is 59.9. The number of unbranched alkanes of at least 4 members (excludes halogenated alkanes) is 5. The number of carbonyl (C=O) groups is 4. The monoisotopic (exact) mass is 1250 g/mol. The van der Waals surface area contributed by atoms with Crippen molar-refractivity contribution in [1.29, 1.82) is 0 Å². The molecule has 0 aromatic heterocycles. The van der Waals surface area contributed by atoms with E-state index in [-0.39, 0.29) is 41.3 Å². The average Bonchev–Trinajstić information content (AvgIpc) is 3.49. The third kappa shape index (κ3) is 44.9. The second kappa shape index (κ2) is 57.8. The summed E-state index contributed by atoms with van der Waals surface area (Å²) < 4.78 is 84.2. The van der Waals surface area contributed by atoms with Crippen molar-refractivity contribution in [2.45, 2.75) is 142 Å². The summed E-state index contributed by atoms with van der Waals surface area (Å²) in [7, 11) is 8.20. The summed E-state index contributed by atoms with van der Waals surface area (Å²) in [5, 5.41) is 10.7. The van der Waals surface area contributed by atoms with Gasteiger partial charge in [0.2, 0.25) is 0 Å². The highest BCUT2D eigenvalue weighted by Gasteiger charge is 2.39. The van der Waals surface area contributed by atoms with Gasteiger partial charge in [-0.25, -0.2) is 19.2 Å². The number of allylic oxidation sites excluding steroid dienone is 4. The lowest BCUT2D eigenvalue weighted by molar-refractivity contribution is 0.122. The lowest BCUT2D eigenvalue weighted by Crippen LogP contribution is -2.43. The van der Waals surface area contributed by atoms with E-state index in [1.54, 1.807) is 97.5 Å². The second-order valence-electron chi connectivity index (χ2n) is 17.6. The molecular weight excluding hydrogens is 1140 g/mol. The Morgan fingerprint density at radius 3 is 0.768 bits per heavy atom. The summed E-state index contributed by atoms with van der Waals surface area (Å²) in [6.07, 6.45) is 30.9. The fourth-order valence-electron chi connectivity index (χ4n) is 7.40. The van der Waals surface area contributed by atoms with E-state index < -0.39 is 59.6 Å². The van der Waals surface area contributed by atoms with Crippen LogP contribution >= 0.6 is 0 Å².